The lowest BCUT2D eigenvalue weighted by Crippen LogP contribution is -2.36. The van der Waals surface area contributed by atoms with E-state index in [-0.39, 0.29) is 17.2 Å². The number of carbonyl (C=O) groups excluding carboxylic acids is 1. The Labute approximate surface area is 198 Å². The van der Waals surface area contributed by atoms with Crippen molar-refractivity contribution < 1.29 is 19.0 Å². The van der Waals surface area contributed by atoms with Crippen molar-refractivity contribution in [3.8, 4) is 28.6 Å². The maximum Gasteiger partial charge on any atom is 0.226 e. The van der Waals surface area contributed by atoms with Crippen LogP contribution in [0.25, 0.3) is 11.4 Å². The molecule has 176 valence electrons. The zero-order chi connectivity index (χ0) is 24.0. The van der Waals surface area contributed by atoms with Crippen LogP contribution in [0.3, 0.4) is 0 Å². The lowest BCUT2D eigenvalue weighted by Gasteiger charge is -2.38. The van der Waals surface area contributed by atoms with Crippen LogP contribution >= 0.6 is 0 Å². The first kappa shape index (κ1) is 22.0. The van der Waals surface area contributed by atoms with Crippen LogP contribution in [0.15, 0.2) is 53.7 Å². The highest BCUT2D eigenvalue weighted by atomic mass is 16.5. The second-order valence-electron chi connectivity index (χ2n) is 9.41. The zero-order valence-electron chi connectivity index (χ0n) is 20.0. The van der Waals surface area contributed by atoms with Gasteiger partial charge in [0.1, 0.15) is 11.8 Å². The second kappa shape index (κ2) is 8.20. The molecule has 1 atom stereocenters. The van der Waals surface area contributed by atoms with Gasteiger partial charge in [0.05, 0.1) is 21.3 Å². The summed E-state index contributed by atoms with van der Waals surface area (Å²) in [5.74, 6) is 3.26. The van der Waals surface area contributed by atoms with Gasteiger partial charge in [-0.25, -0.2) is 4.68 Å². The van der Waals surface area contributed by atoms with Gasteiger partial charge >= 0.3 is 0 Å². The molecular weight excluding hydrogens is 432 g/mol. The van der Waals surface area contributed by atoms with Crippen LogP contribution in [0.2, 0.25) is 0 Å². The van der Waals surface area contributed by atoms with E-state index in [9.17, 15) is 4.79 Å². The number of nitrogens with one attached hydrogen (secondary N) is 1. The Morgan fingerprint density at radius 1 is 0.971 bits per heavy atom. The van der Waals surface area contributed by atoms with E-state index in [0.29, 0.717) is 29.7 Å². The average Bonchev–Trinajstić information content (AvgIpc) is 3.25. The van der Waals surface area contributed by atoms with Gasteiger partial charge in [-0.05, 0) is 47.7 Å². The fraction of sp³-hybridized carbons (Fsp3) is 0.346. The van der Waals surface area contributed by atoms with Crippen LogP contribution in [-0.2, 0) is 4.79 Å². The first-order chi connectivity index (χ1) is 16.3. The van der Waals surface area contributed by atoms with E-state index in [1.165, 1.54) is 0 Å². The third kappa shape index (κ3) is 3.69. The van der Waals surface area contributed by atoms with Gasteiger partial charge in [0, 0.05) is 23.3 Å². The molecule has 0 unspecified atom stereocenters. The number of nitrogens with zero attached hydrogens (tertiary/aromatic N) is 3. The Hall–Kier alpha value is -3.81. The standard InChI is InChI=1S/C26H28N4O4/c1-26(2)13-18-22(19(31)14-26)23(15-6-9-17(32-3)10-7-15)30-25(27-18)28-24(29-30)16-8-11-20(33-4)21(12-16)34-5/h6-12,23H,13-14H2,1-5H3,(H,27,28,29)/t23-/m0/s1. The molecule has 1 aliphatic heterocycles. The Morgan fingerprint density at radius 2 is 1.71 bits per heavy atom. The molecular formula is C26H28N4O4. The number of ether oxygens (including phenoxy) is 3. The van der Waals surface area contributed by atoms with Crippen LogP contribution < -0.4 is 19.5 Å². The molecule has 0 fully saturated rings. The number of Topliss-reactive ketones (excluding diaryl/α,β-unsaturated/α-hetero) is 1. The molecule has 8 heteroatoms. The Balaban J connectivity index is 1.64. The van der Waals surface area contributed by atoms with E-state index in [1.54, 1.807) is 21.3 Å². The number of carbonyl (C=O) groups is 1. The first-order valence-corrected chi connectivity index (χ1v) is 11.2. The summed E-state index contributed by atoms with van der Waals surface area (Å²) in [7, 11) is 4.83. The molecule has 3 aromatic rings. The molecule has 2 aliphatic rings. The molecule has 5 rings (SSSR count). The van der Waals surface area contributed by atoms with Crippen molar-refractivity contribution in [3.05, 3.63) is 59.3 Å². The summed E-state index contributed by atoms with van der Waals surface area (Å²) in [6, 6.07) is 13.0. The maximum atomic E-state index is 13.4. The van der Waals surface area contributed by atoms with E-state index in [1.807, 2.05) is 47.1 Å². The van der Waals surface area contributed by atoms with Gasteiger partial charge in [0.15, 0.2) is 23.1 Å². The normalized spacial score (nSPS) is 18.6. The molecule has 8 nitrogen and oxygen atoms in total. The van der Waals surface area contributed by atoms with E-state index in [0.717, 1.165) is 34.6 Å². The molecule has 0 amide bonds. The third-order valence-corrected chi connectivity index (χ3v) is 6.41. The van der Waals surface area contributed by atoms with E-state index in [4.69, 9.17) is 24.3 Å². The molecule has 0 saturated carbocycles. The number of aromatic nitrogens is 3. The lowest BCUT2D eigenvalue weighted by molar-refractivity contribution is -0.118. The van der Waals surface area contributed by atoms with Crippen molar-refractivity contribution >= 4 is 11.7 Å². The molecule has 34 heavy (non-hydrogen) atoms. The van der Waals surface area contributed by atoms with Gasteiger partial charge in [-0.2, -0.15) is 4.98 Å². The van der Waals surface area contributed by atoms with Gasteiger partial charge in [0.25, 0.3) is 0 Å². The summed E-state index contributed by atoms with van der Waals surface area (Å²) >= 11 is 0. The predicted octanol–water partition coefficient (Wildman–Crippen LogP) is 4.63. The van der Waals surface area contributed by atoms with Crippen LogP contribution in [0, 0.1) is 5.41 Å². The highest BCUT2D eigenvalue weighted by Crippen LogP contribution is 2.46. The molecule has 2 heterocycles. The molecule has 0 bridgehead atoms. The van der Waals surface area contributed by atoms with Crippen molar-refractivity contribution in [1.82, 2.24) is 14.8 Å². The average molecular weight is 461 g/mol. The lowest BCUT2D eigenvalue weighted by atomic mass is 9.73. The minimum Gasteiger partial charge on any atom is -0.497 e. The number of hydrogen-bond donors (Lipinski definition) is 1. The molecule has 0 radical (unpaired) electrons. The molecule has 1 aromatic heterocycles. The van der Waals surface area contributed by atoms with Crippen LogP contribution in [0.1, 0.15) is 38.3 Å². The number of allylic oxidation sites excluding steroid dienone is 2. The SMILES string of the molecule is COc1ccc([C@H]2C3=C(CC(C)(C)CC3=O)Nc3nc(-c4ccc(OC)c(OC)c4)nn32)cc1. The topological polar surface area (TPSA) is 87.5 Å². The first-order valence-electron chi connectivity index (χ1n) is 11.2. The molecule has 1 aliphatic carbocycles. The van der Waals surface area contributed by atoms with E-state index < -0.39 is 0 Å². The van der Waals surface area contributed by atoms with E-state index in [2.05, 4.69) is 19.2 Å². The number of methoxy groups -OCH3 is 3. The summed E-state index contributed by atoms with van der Waals surface area (Å²) in [4.78, 5) is 18.2. The Bertz CT molecular complexity index is 1290. The number of hydrogen-bond acceptors (Lipinski definition) is 7. The fourth-order valence-electron chi connectivity index (χ4n) is 4.80. The highest BCUT2D eigenvalue weighted by Gasteiger charge is 2.42. The summed E-state index contributed by atoms with van der Waals surface area (Å²) in [5, 5.41) is 8.26. The largest absolute Gasteiger partial charge is 0.497 e. The second-order valence-corrected chi connectivity index (χ2v) is 9.41. The Morgan fingerprint density at radius 3 is 2.38 bits per heavy atom. The Kier molecular flexibility index (Phi) is 5.31. The van der Waals surface area contributed by atoms with Crippen molar-refractivity contribution in [1.29, 1.82) is 0 Å². The van der Waals surface area contributed by atoms with Crippen molar-refractivity contribution in [2.24, 2.45) is 5.41 Å². The van der Waals surface area contributed by atoms with Crippen molar-refractivity contribution in [2.45, 2.75) is 32.7 Å². The monoisotopic (exact) mass is 460 g/mol. The quantitative estimate of drug-likeness (QED) is 0.594. The van der Waals surface area contributed by atoms with Gasteiger partial charge in [-0.1, -0.05) is 26.0 Å². The summed E-state index contributed by atoms with van der Waals surface area (Å²) in [5.41, 5.74) is 3.29. The van der Waals surface area contributed by atoms with Crippen LogP contribution in [0.5, 0.6) is 17.2 Å². The van der Waals surface area contributed by atoms with Gasteiger partial charge < -0.3 is 19.5 Å². The number of rotatable bonds is 5. The van der Waals surface area contributed by atoms with Crippen LogP contribution in [-0.4, -0.2) is 41.9 Å². The predicted molar refractivity (Wildman–Crippen MR) is 128 cm³/mol. The third-order valence-electron chi connectivity index (χ3n) is 6.41. The highest BCUT2D eigenvalue weighted by molar-refractivity contribution is 6.00. The minimum atomic E-state index is -0.373. The zero-order valence-corrected chi connectivity index (χ0v) is 20.0. The van der Waals surface area contributed by atoms with Crippen molar-refractivity contribution in [2.75, 3.05) is 26.6 Å². The summed E-state index contributed by atoms with van der Waals surface area (Å²) < 4.78 is 18.0. The van der Waals surface area contributed by atoms with Gasteiger partial charge in [-0.3, -0.25) is 4.79 Å². The van der Waals surface area contributed by atoms with Crippen molar-refractivity contribution in [3.63, 3.8) is 0 Å². The molecule has 0 spiro atoms. The summed E-state index contributed by atoms with van der Waals surface area (Å²) in [6.45, 7) is 4.24. The minimum absolute atomic E-state index is 0.123. The van der Waals surface area contributed by atoms with Gasteiger partial charge in [-0.15, -0.1) is 5.10 Å². The van der Waals surface area contributed by atoms with Gasteiger partial charge in [0.2, 0.25) is 5.95 Å². The molecule has 0 saturated heterocycles. The number of anilines is 1. The number of ketones is 1. The summed E-state index contributed by atoms with van der Waals surface area (Å²) in [6.07, 6.45) is 1.26. The molecule has 1 N–H and O–H groups in total. The van der Waals surface area contributed by atoms with Crippen LogP contribution in [0.4, 0.5) is 5.95 Å². The maximum absolute atomic E-state index is 13.4. The number of fused-ring (bicyclic) bond motifs is 1. The van der Waals surface area contributed by atoms with E-state index >= 15 is 0 Å². The fourth-order valence-corrected chi connectivity index (χ4v) is 4.80. The number of benzene rings is 2. The smallest absolute Gasteiger partial charge is 0.226 e. The molecule has 2 aromatic carbocycles.